The number of rotatable bonds is 1. The third-order valence-electron chi connectivity index (χ3n) is 4.05. The number of hydrogen-bond donors (Lipinski definition) is 0. The maximum atomic E-state index is 12.9. The van der Waals surface area contributed by atoms with Crippen molar-refractivity contribution in [1.82, 2.24) is 9.80 Å². The molecule has 1 atom stereocenters. The van der Waals surface area contributed by atoms with Crippen LogP contribution >= 0.6 is 0 Å². The van der Waals surface area contributed by atoms with Gasteiger partial charge in [0.05, 0.1) is 13.1 Å². The molecular formula is C13H24F2N2. The van der Waals surface area contributed by atoms with E-state index >= 15 is 0 Å². The summed E-state index contributed by atoms with van der Waals surface area (Å²) in [5.74, 6) is -2.45. The predicted molar refractivity (Wildman–Crippen MR) is 65.5 cm³/mol. The molecule has 2 rings (SSSR count). The van der Waals surface area contributed by atoms with Gasteiger partial charge in [-0.15, -0.1) is 0 Å². The maximum Gasteiger partial charge on any atom is 0.272 e. The highest BCUT2D eigenvalue weighted by Crippen LogP contribution is 2.40. The third-order valence-corrected chi connectivity index (χ3v) is 4.05. The van der Waals surface area contributed by atoms with Gasteiger partial charge in [-0.05, 0) is 41.0 Å². The van der Waals surface area contributed by atoms with Crippen LogP contribution in [0.2, 0.25) is 0 Å². The normalized spacial score (nSPS) is 33.7. The van der Waals surface area contributed by atoms with Crippen molar-refractivity contribution in [3.05, 3.63) is 0 Å². The highest BCUT2D eigenvalue weighted by Gasteiger charge is 2.52. The van der Waals surface area contributed by atoms with Crippen LogP contribution in [0.4, 0.5) is 8.78 Å². The summed E-state index contributed by atoms with van der Waals surface area (Å²) < 4.78 is 25.8. The Labute approximate surface area is 103 Å². The molecule has 2 aliphatic heterocycles. The summed E-state index contributed by atoms with van der Waals surface area (Å²) in [7, 11) is 0. The first-order valence-corrected chi connectivity index (χ1v) is 6.41. The van der Waals surface area contributed by atoms with Gasteiger partial charge in [-0.25, -0.2) is 8.78 Å². The second kappa shape index (κ2) is 3.64. The highest BCUT2D eigenvalue weighted by atomic mass is 19.3. The van der Waals surface area contributed by atoms with Crippen LogP contribution in [0, 0.1) is 0 Å². The number of hydrogen-bond acceptors (Lipinski definition) is 2. The minimum atomic E-state index is -2.45. The molecule has 0 spiro atoms. The van der Waals surface area contributed by atoms with E-state index in [4.69, 9.17) is 0 Å². The van der Waals surface area contributed by atoms with Crippen LogP contribution in [0.3, 0.4) is 0 Å². The van der Waals surface area contributed by atoms with E-state index in [9.17, 15) is 8.78 Å². The Balaban J connectivity index is 2.02. The lowest BCUT2D eigenvalue weighted by atomic mass is 9.94. The molecule has 0 unspecified atom stereocenters. The summed E-state index contributed by atoms with van der Waals surface area (Å²) in [5, 5.41) is 0. The van der Waals surface area contributed by atoms with Crippen LogP contribution in [0.15, 0.2) is 0 Å². The Hall–Kier alpha value is -0.220. The topological polar surface area (TPSA) is 6.48 Å². The van der Waals surface area contributed by atoms with Gasteiger partial charge in [-0.1, -0.05) is 0 Å². The zero-order chi connectivity index (χ0) is 13.1. The summed E-state index contributed by atoms with van der Waals surface area (Å²) in [5.41, 5.74) is 0.208. The summed E-state index contributed by atoms with van der Waals surface area (Å²) in [6.45, 7) is 11.8. The van der Waals surface area contributed by atoms with Crippen LogP contribution in [0.5, 0.6) is 0 Å². The molecule has 0 amide bonds. The first-order valence-electron chi connectivity index (χ1n) is 6.41. The van der Waals surface area contributed by atoms with E-state index in [1.165, 1.54) is 0 Å². The van der Waals surface area contributed by atoms with E-state index in [-0.39, 0.29) is 24.2 Å². The largest absolute Gasteiger partial charge is 0.292 e. The molecule has 0 radical (unpaired) electrons. The molecule has 17 heavy (non-hydrogen) atoms. The molecule has 0 aromatic carbocycles. The average molecular weight is 246 g/mol. The van der Waals surface area contributed by atoms with Crippen molar-refractivity contribution in [1.29, 1.82) is 0 Å². The SMILES string of the molecule is CC(C)(C)N1C[C@@H](N2CC(F)(F)C2)CC1(C)C. The minimum Gasteiger partial charge on any atom is -0.292 e. The van der Waals surface area contributed by atoms with E-state index < -0.39 is 5.92 Å². The fraction of sp³-hybridized carbons (Fsp3) is 1.00. The molecule has 100 valence electrons. The lowest BCUT2D eigenvalue weighted by Crippen LogP contribution is -2.60. The zero-order valence-electron chi connectivity index (χ0n) is 11.6. The van der Waals surface area contributed by atoms with E-state index in [2.05, 4.69) is 39.5 Å². The number of nitrogens with zero attached hydrogens (tertiary/aromatic N) is 2. The van der Waals surface area contributed by atoms with Crippen LogP contribution in [0.25, 0.3) is 0 Å². The fourth-order valence-electron chi connectivity index (χ4n) is 3.44. The summed E-state index contributed by atoms with van der Waals surface area (Å²) >= 11 is 0. The first-order chi connectivity index (χ1) is 7.51. The van der Waals surface area contributed by atoms with Crippen LogP contribution < -0.4 is 0 Å². The maximum absolute atomic E-state index is 12.9. The van der Waals surface area contributed by atoms with Crippen molar-refractivity contribution in [2.75, 3.05) is 19.6 Å². The van der Waals surface area contributed by atoms with Crippen molar-refractivity contribution in [3.63, 3.8) is 0 Å². The second-order valence-corrected chi connectivity index (χ2v) is 7.21. The molecule has 2 saturated heterocycles. The number of halogens is 2. The predicted octanol–water partition coefficient (Wildman–Crippen LogP) is 2.59. The molecule has 0 aromatic heterocycles. The molecule has 0 aromatic rings. The van der Waals surface area contributed by atoms with Crippen LogP contribution in [-0.2, 0) is 0 Å². The lowest BCUT2D eigenvalue weighted by Gasteiger charge is -2.43. The van der Waals surface area contributed by atoms with E-state index in [1.807, 2.05) is 4.90 Å². The van der Waals surface area contributed by atoms with Crippen LogP contribution in [0.1, 0.15) is 41.0 Å². The van der Waals surface area contributed by atoms with Crippen molar-refractivity contribution >= 4 is 0 Å². The first kappa shape index (κ1) is 13.2. The van der Waals surface area contributed by atoms with Gasteiger partial charge in [0.15, 0.2) is 0 Å². The molecule has 2 aliphatic rings. The summed E-state index contributed by atoms with van der Waals surface area (Å²) in [6, 6.07) is 0.295. The Kier molecular flexibility index (Phi) is 2.83. The van der Waals surface area contributed by atoms with Crippen molar-refractivity contribution in [2.24, 2.45) is 0 Å². The van der Waals surface area contributed by atoms with Gasteiger partial charge in [-0.3, -0.25) is 9.80 Å². The Morgan fingerprint density at radius 1 is 1.12 bits per heavy atom. The van der Waals surface area contributed by atoms with Gasteiger partial charge in [0.1, 0.15) is 0 Å². The zero-order valence-corrected chi connectivity index (χ0v) is 11.6. The van der Waals surface area contributed by atoms with Gasteiger partial charge in [0, 0.05) is 23.7 Å². The molecular weight excluding hydrogens is 222 g/mol. The molecule has 0 aliphatic carbocycles. The van der Waals surface area contributed by atoms with E-state index in [0.29, 0.717) is 6.04 Å². The standard InChI is InChI=1S/C13H24F2N2/c1-11(2,3)17-7-10(6-12(17,4)5)16-8-13(14,15)9-16/h10H,6-9H2,1-5H3/t10-/m0/s1. The van der Waals surface area contributed by atoms with Gasteiger partial charge in [-0.2, -0.15) is 0 Å². The summed E-state index contributed by atoms with van der Waals surface area (Å²) in [4.78, 5) is 4.38. The van der Waals surface area contributed by atoms with Crippen molar-refractivity contribution < 1.29 is 8.78 Å². The Bertz CT molecular complexity index is 299. The average Bonchev–Trinajstić information content (AvgIpc) is 2.35. The smallest absolute Gasteiger partial charge is 0.272 e. The molecule has 0 bridgehead atoms. The Morgan fingerprint density at radius 3 is 2.00 bits per heavy atom. The van der Waals surface area contributed by atoms with Crippen molar-refractivity contribution in [3.8, 4) is 0 Å². The van der Waals surface area contributed by atoms with Gasteiger partial charge in [0.25, 0.3) is 5.92 Å². The van der Waals surface area contributed by atoms with Crippen LogP contribution in [-0.4, -0.2) is 52.5 Å². The molecule has 4 heteroatoms. The minimum absolute atomic E-state index is 0.0499. The van der Waals surface area contributed by atoms with E-state index in [0.717, 1.165) is 13.0 Å². The highest BCUT2D eigenvalue weighted by molar-refractivity contribution is 5.04. The molecule has 2 fully saturated rings. The van der Waals surface area contributed by atoms with E-state index in [1.54, 1.807) is 0 Å². The number of likely N-dealkylation sites (tertiary alicyclic amines) is 2. The monoisotopic (exact) mass is 246 g/mol. The fourth-order valence-corrected chi connectivity index (χ4v) is 3.44. The summed E-state index contributed by atoms with van der Waals surface area (Å²) in [6.07, 6.45) is 0.986. The number of alkyl halides is 2. The molecule has 2 nitrogen and oxygen atoms in total. The molecule has 0 N–H and O–H groups in total. The molecule has 2 heterocycles. The lowest BCUT2D eigenvalue weighted by molar-refractivity contribution is -0.144. The third kappa shape index (κ3) is 2.48. The quantitative estimate of drug-likeness (QED) is 0.701. The Morgan fingerprint density at radius 2 is 1.65 bits per heavy atom. The van der Waals surface area contributed by atoms with Gasteiger partial charge >= 0.3 is 0 Å². The van der Waals surface area contributed by atoms with Gasteiger partial charge < -0.3 is 0 Å². The van der Waals surface area contributed by atoms with Gasteiger partial charge in [0.2, 0.25) is 0 Å². The van der Waals surface area contributed by atoms with Crippen molar-refractivity contribution in [2.45, 2.75) is 64.1 Å². The second-order valence-electron chi connectivity index (χ2n) is 7.21. The molecule has 0 saturated carbocycles.